The first kappa shape index (κ1) is 24.3. The molecule has 0 saturated heterocycles. The number of carbonyl (C=O) groups excluding carboxylic acids is 1. The number of ether oxygens (including phenoxy) is 1. The highest BCUT2D eigenvalue weighted by atomic mass is 16.5. The predicted octanol–water partition coefficient (Wildman–Crippen LogP) is 6.60. The Labute approximate surface area is 171 Å². The lowest BCUT2D eigenvalue weighted by Crippen LogP contribution is -2.28. The fourth-order valence-corrected chi connectivity index (χ4v) is 3.46. The van der Waals surface area contributed by atoms with Crippen molar-refractivity contribution in [3.63, 3.8) is 0 Å². The van der Waals surface area contributed by atoms with Crippen LogP contribution in [0.2, 0.25) is 0 Å². The molecule has 0 aliphatic heterocycles. The van der Waals surface area contributed by atoms with E-state index < -0.39 is 12.0 Å². The maximum Gasteiger partial charge on any atom is 0.279 e. The van der Waals surface area contributed by atoms with E-state index in [0.29, 0.717) is 12.2 Å². The molecule has 0 fully saturated rings. The Bertz CT molecular complexity index is 545. The molecular weight excluding hydrogens is 350 g/mol. The van der Waals surface area contributed by atoms with Crippen LogP contribution in [0.1, 0.15) is 103 Å². The molecule has 1 aromatic carbocycles. The van der Waals surface area contributed by atoms with Crippen LogP contribution in [0.3, 0.4) is 0 Å². The number of aryl methyl sites for hydroxylation is 1. The number of hydrogen-bond donors (Lipinski definition) is 1. The van der Waals surface area contributed by atoms with E-state index in [9.17, 15) is 9.90 Å². The van der Waals surface area contributed by atoms with Crippen molar-refractivity contribution in [3.05, 3.63) is 23.8 Å². The zero-order valence-electron chi connectivity index (χ0n) is 18.0. The van der Waals surface area contributed by atoms with Crippen LogP contribution in [0, 0.1) is 0 Å². The highest BCUT2D eigenvalue weighted by Gasteiger charge is 2.19. The van der Waals surface area contributed by atoms with Crippen molar-refractivity contribution in [1.82, 2.24) is 5.73 Å². The zero-order chi connectivity index (χ0) is 20.6. The molecule has 1 amide bonds. The van der Waals surface area contributed by atoms with Crippen LogP contribution < -0.4 is 10.5 Å². The summed E-state index contributed by atoms with van der Waals surface area (Å²) in [6, 6.07) is 5.00. The van der Waals surface area contributed by atoms with Crippen LogP contribution in [0.15, 0.2) is 18.2 Å². The number of aromatic hydroxyl groups is 1. The van der Waals surface area contributed by atoms with Crippen molar-refractivity contribution in [2.75, 3.05) is 0 Å². The molecule has 0 saturated carbocycles. The minimum absolute atomic E-state index is 0.210. The molecule has 1 radical (unpaired) electrons. The van der Waals surface area contributed by atoms with Gasteiger partial charge in [-0.05, 0) is 49.4 Å². The quantitative estimate of drug-likeness (QED) is 0.304. The maximum atomic E-state index is 11.7. The summed E-state index contributed by atoms with van der Waals surface area (Å²) in [6.45, 7) is 4.36. The van der Waals surface area contributed by atoms with Gasteiger partial charge in [-0.25, -0.2) is 0 Å². The Morgan fingerprint density at radius 2 is 1.50 bits per heavy atom. The Kier molecular flexibility index (Phi) is 13.2. The first-order chi connectivity index (χ1) is 13.6. The Morgan fingerprint density at radius 1 is 0.929 bits per heavy atom. The number of phenols is 1. The minimum atomic E-state index is -0.709. The Morgan fingerprint density at radius 3 is 2.07 bits per heavy atom. The van der Waals surface area contributed by atoms with Crippen molar-refractivity contribution < 1.29 is 14.6 Å². The van der Waals surface area contributed by atoms with E-state index in [-0.39, 0.29) is 5.75 Å². The largest absolute Gasteiger partial charge is 0.508 e. The molecule has 2 N–H and O–H groups in total. The topological polar surface area (TPSA) is 70.3 Å². The lowest BCUT2D eigenvalue weighted by molar-refractivity contribution is -0.125. The van der Waals surface area contributed by atoms with Crippen molar-refractivity contribution in [1.29, 1.82) is 0 Å². The molecule has 1 rings (SSSR count). The van der Waals surface area contributed by atoms with Gasteiger partial charge in [-0.15, -0.1) is 0 Å². The lowest BCUT2D eigenvalue weighted by atomic mass is 10.0. The number of unbranched alkanes of at least 4 members (excludes halogenated alkanes) is 10. The fourth-order valence-electron chi connectivity index (χ4n) is 3.46. The zero-order valence-corrected chi connectivity index (χ0v) is 18.0. The average Bonchev–Trinajstić information content (AvgIpc) is 2.68. The summed E-state index contributed by atoms with van der Waals surface area (Å²) < 4.78 is 5.89. The van der Waals surface area contributed by atoms with E-state index in [1.54, 1.807) is 18.2 Å². The number of benzene rings is 1. The highest BCUT2D eigenvalue weighted by molar-refractivity contribution is 5.78. The summed E-state index contributed by atoms with van der Waals surface area (Å²) >= 11 is 0. The number of rotatable bonds is 17. The van der Waals surface area contributed by atoms with Crippen molar-refractivity contribution >= 4 is 5.91 Å². The predicted molar refractivity (Wildman–Crippen MR) is 116 cm³/mol. The molecule has 4 nitrogen and oxygen atoms in total. The van der Waals surface area contributed by atoms with Crippen LogP contribution in [-0.4, -0.2) is 17.1 Å². The van der Waals surface area contributed by atoms with E-state index >= 15 is 0 Å². The average molecular weight is 391 g/mol. The molecule has 0 aliphatic carbocycles. The number of hydrogen-bond acceptors (Lipinski definition) is 3. The number of amides is 1. The van der Waals surface area contributed by atoms with Crippen molar-refractivity contribution in [3.8, 4) is 11.5 Å². The molecule has 1 aromatic rings. The number of nitrogens with one attached hydrogen (secondary N) is 1. The normalized spacial score (nSPS) is 12.1. The summed E-state index contributed by atoms with van der Waals surface area (Å²) in [6.07, 6.45) is 15.2. The van der Waals surface area contributed by atoms with Gasteiger partial charge in [0.2, 0.25) is 0 Å². The first-order valence-electron chi connectivity index (χ1n) is 11.3. The van der Waals surface area contributed by atoms with E-state index in [0.717, 1.165) is 37.7 Å². The van der Waals surface area contributed by atoms with E-state index in [1.165, 1.54) is 51.4 Å². The van der Waals surface area contributed by atoms with Gasteiger partial charge in [0.05, 0.1) is 0 Å². The second-order valence-corrected chi connectivity index (χ2v) is 7.84. The molecule has 0 bridgehead atoms. The van der Waals surface area contributed by atoms with Crippen LogP contribution >= 0.6 is 0 Å². The van der Waals surface area contributed by atoms with Gasteiger partial charge in [-0.2, -0.15) is 0 Å². The molecule has 159 valence electrons. The van der Waals surface area contributed by atoms with E-state index in [1.807, 2.05) is 0 Å². The van der Waals surface area contributed by atoms with Gasteiger partial charge in [-0.1, -0.05) is 78.1 Å². The molecule has 0 spiro atoms. The minimum Gasteiger partial charge on any atom is -0.508 e. The van der Waals surface area contributed by atoms with Gasteiger partial charge in [-0.3, -0.25) is 10.5 Å². The number of phenolic OH excluding ortho intramolecular Hbond substituents is 1. The summed E-state index contributed by atoms with van der Waals surface area (Å²) in [5, 5.41) is 9.73. The second-order valence-electron chi connectivity index (χ2n) is 7.84. The Hall–Kier alpha value is -1.71. The van der Waals surface area contributed by atoms with Gasteiger partial charge in [0.15, 0.2) is 6.10 Å². The van der Waals surface area contributed by atoms with E-state index in [4.69, 9.17) is 10.5 Å². The molecule has 28 heavy (non-hydrogen) atoms. The van der Waals surface area contributed by atoms with Gasteiger partial charge < -0.3 is 9.84 Å². The van der Waals surface area contributed by atoms with E-state index in [2.05, 4.69) is 13.8 Å². The van der Waals surface area contributed by atoms with Crippen molar-refractivity contribution in [2.45, 2.75) is 110 Å². The molecular formula is C24H40NO3. The summed E-state index contributed by atoms with van der Waals surface area (Å²) in [7, 11) is 0. The van der Waals surface area contributed by atoms with Crippen LogP contribution in [0.4, 0.5) is 0 Å². The molecule has 1 unspecified atom stereocenters. The second kappa shape index (κ2) is 15.2. The first-order valence-corrected chi connectivity index (χ1v) is 11.3. The smallest absolute Gasteiger partial charge is 0.279 e. The maximum absolute atomic E-state index is 11.7. The third kappa shape index (κ3) is 10.6. The molecule has 1 atom stereocenters. The fraction of sp³-hybridized carbons (Fsp3) is 0.708. The summed E-state index contributed by atoms with van der Waals surface area (Å²) in [5.74, 6) is 0.177. The summed E-state index contributed by atoms with van der Waals surface area (Å²) in [5.41, 5.74) is 8.46. The lowest BCUT2D eigenvalue weighted by Gasteiger charge is -2.18. The molecule has 0 aromatic heterocycles. The Balaban J connectivity index is 2.35. The van der Waals surface area contributed by atoms with Gasteiger partial charge in [0.25, 0.3) is 5.91 Å². The third-order valence-corrected chi connectivity index (χ3v) is 5.23. The van der Waals surface area contributed by atoms with Crippen LogP contribution in [0.25, 0.3) is 0 Å². The summed E-state index contributed by atoms with van der Waals surface area (Å²) in [4.78, 5) is 11.7. The highest BCUT2D eigenvalue weighted by Crippen LogP contribution is 2.27. The SMILES string of the molecule is CCCCCCCCCCCCC(Oc1ccc(O)cc1CCCC)C([NH])=O. The molecule has 0 aliphatic rings. The standard InChI is InChI=1S/C24H40NO3/c1-3-5-7-8-9-10-11-12-13-14-16-23(24(25)27)28-22-18-17-21(26)19-20(22)15-6-4-2/h17-19,23,25-26H,3-16H2,1-2H3. The van der Waals surface area contributed by atoms with Crippen LogP contribution in [0.5, 0.6) is 11.5 Å². The molecule has 4 heteroatoms. The van der Waals surface area contributed by atoms with Crippen LogP contribution in [-0.2, 0) is 11.2 Å². The number of carbonyl (C=O) groups is 1. The van der Waals surface area contributed by atoms with Gasteiger partial charge in [0, 0.05) is 0 Å². The molecule has 0 heterocycles. The monoisotopic (exact) mass is 390 g/mol. The third-order valence-electron chi connectivity index (χ3n) is 5.23. The van der Waals surface area contributed by atoms with Gasteiger partial charge >= 0.3 is 0 Å². The van der Waals surface area contributed by atoms with Crippen molar-refractivity contribution in [2.24, 2.45) is 0 Å². The van der Waals surface area contributed by atoms with Gasteiger partial charge in [0.1, 0.15) is 11.5 Å².